The Hall–Kier alpha value is -0.290. The summed E-state index contributed by atoms with van der Waals surface area (Å²) in [5.41, 5.74) is 1.18. The number of benzene rings is 1. The standard InChI is InChI=1S/C11H16INO/c1-9(7-8-14-2)13-11-5-3-10(12)4-6-11/h3-6,9,13H,7-8H2,1-2H3. The summed E-state index contributed by atoms with van der Waals surface area (Å²) in [5.74, 6) is 0. The first-order valence-electron chi connectivity index (χ1n) is 4.73. The van der Waals surface area contributed by atoms with Crippen molar-refractivity contribution in [2.24, 2.45) is 0 Å². The van der Waals surface area contributed by atoms with E-state index in [1.165, 1.54) is 9.26 Å². The van der Waals surface area contributed by atoms with Gasteiger partial charge in [-0.1, -0.05) is 0 Å². The molecule has 2 nitrogen and oxygen atoms in total. The molecule has 1 aromatic carbocycles. The summed E-state index contributed by atoms with van der Waals surface area (Å²) < 4.78 is 6.29. The van der Waals surface area contributed by atoms with E-state index in [2.05, 4.69) is 59.1 Å². The summed E-state index contributed by atoms with van der Waals surface area (Å²) in [4.78, 5) is 0. The molecule has 1 unspecified atom stereocenters. The zero-order chi connectivity index (χ0) is 10.4. The van der Waals surface area contributed by atoms with Gasteiger partial charge in [-0.05, 0) is 60.2 Å². The largest absolute Gasteiger partial charge is 0.385 e. The van der Waals surface area contributed by atoms with Gasteiger partial charge in [-0.15, -0.1) is 0 Å². The fourth-order valence-electron chi connectivity index (χ4n) is 1.20. The number of nitrogens with one attached hydrogen (secondary N) is 1. The van der Waals surface area contributed by atoms with Gasteiger partial charge in [0.15, 0.2) is 0 Å². The third-order valence-corrected chi connectivity index (χ3v) is 2.73. The van der Waals surface area contributed by atoms with Crippen LogP contribution in [0.4, 0.5) is 5.69 Å². The molecule has 0 saturated heterocycles. The zero-order valence-corrected chi connectivity index (χ0v) is 10.7. The van der Waals surface area contributed by atoms with E-state index in [1.54, 1.807) is 7.11 Å². The highest BCUT2D eigenvalue weighted by Crippen LogP contribution is 2.12. The molecule has 78 valence electrons. The van der Waals surface area contributed by atoms with Gasteiger partial charge in [0.2, 0.25) is 0 Å². The Balaban J connectivity index is 2.39. The van der Waals surface area contributed by atoms with Crippen molar-refractivity contribution in [3.63, 3.8) is 0 Å². The molecule has 0 bridgehead atoms. The van der Waals surface area contributed by atoms with Crippen LogP contribution >= 0.6 is 22.6 Å². The molecule has 0 aliphatic heterocycles. The van der Waals surface area contributed by atoms with Crippen molar-refractivity contribution >= 4 is 28.3 Å². The van der Waals surface area contributed by atoms with E-state index in [1.807, 2.05) is 0 Å². The topological polar surface area (TPSA) is 21.3 Å². The summed E-state index contributed by atoms with van der Waals surface area (Å²) in [6.45, 7) is 2.97. The van der Waals surface area contributed by atoms with Crippen molar-refractivity contribution in [3.05, 3.63) is 27.8 Å². The molecule has 0 amide bonds. The lowest BCUT2D eigenvalue weighted by Gasteiger charge is -2.14. The molecule has 0 aliphatic carbocycles. The van der Waals surface area contributed by atoms with Crippen LogP contribution in [0.15, 0.2) is 24.3 Å². The van der Waals surface area contributed by atoms with E-state index in [0.29, 0.717) is 6.04 Å². The summed E-state index contributed by atoms with van der Waals surface area (Å²) in [6.07, 6.45) is 1.03. The van der Waals surface area contributed by atoms with Gasteiger partial charge in [0.25, 0.3) is 0 Å². The van der Waals surface area contributed by atoms with E-state index < -0.39 is 0 Å². The molecule has 0 radical (unpaired) electrons. The van der Waals surface area contributed by atoms with Gasteiger partial charge in [-0.25, -0.2) is 0 Å². The molecule has 0 aromatic heterocycles. The van der Waals surface area contributed by atoms with Crippen LogP contribution in [0.5, 0.6) is 0 Å². The maximum absolute atomic E-state index is 5.03. The summed E-state index contributed by atoms with van der Waals surface area (Å²) in [5, 5.41) is 3.42. The maximum Gasteiger partial charge on any atom is 0.0481 e. The molecule has 0 saturated carbocycles. The van der Waals surface area contributed by atoms with Crippen LogP contribution in [0.3, 0.4) is 0 Å². The number of rotatable bonds is 5. The third kappa shape index (κ3) is 4.28. The molecular weight excluding hydrogens is 289 g/mol. The minimum absolute atomic E-state index is 0.454. The highest BCUT2D eigenvalue weighted by molar-refractivity contribution is 14.1. The average Bonchev–Trinajstić information content (AvgIpc) is 2.18. The van der Waals surface area contributed by atoms with Gasteiger partial charge < -0.3 is 10.1 Å². The number of hydrogen-bond acceptors (Lipinski definition) is 2. The van der Waals surface area contributed by atoms with Crippen LogP contribution in [0.1, 0.15) is 13.3 Å². The fraction of sp³-hybridized carbons (Fsp3) is 0.455. The molecule has 3 heteroatoms. The molecule has 0 fully saturated rings. The number of methoxy groups -OCH3 is 1. The Kier molecular flexibility index (Phi) is 5.25. The Morgan fingerprint density at radius 2 is 2.00 bits per heavy atom. The predicted molar refractivity (Wildman–Crippen MR) is 68.7 cm³/mol. The van der Waals surface area contributed by atoms with Crippen molar-refractivity contribution in [2.75, 3.05) is 19.0 Å². The molecule has 1 atom stereocenters. The van der Waals surface area contributed by atoms with Crippen LogP contribution in [0, 0.1) is 3.57 Å². The van der Waals surface area contributed by atoms with Crippen LogP contribution in [-0.4, -0.2) is 19.8 Å². The maximum atomic E-state index is 5.03. The highest BCUT2D eigenvalue weighted by atomic mass is 127. The second kappa shape index (κ2) is 6.24. The van der Waals surface area contributed by atoms with Gasteiger partial charge in [0.05, 0.1) is 0 Å². The normalized spacial score (nSPS) is 12.5. The molecule has 0 aliphatic rings. The Morgan fingerprint density at radius 3 is 2.57 bits per heavy atom. The van der Waals surface area contributed by atoms with Gasteiger partial charge in [-0.3, -0.25) is 0 Å². The van der Waals surface area contributed by atoms with Gasteiger partial charge in [0.1, 0.15) is 0 Å². The number of halogens is 1. The fourth-order valence-corrected chi connectivity index (χ4v) is 1.56. The number of anilines is 1. The summed E-state index contributed by atoms with van der Waals surface area (Å²) in [6, 6.07) is 8.86. The molecule has 0 heterocycles. The van der Waals surface area contributed by atoms with E-state index in [9.17, 15) is 0 Å². The van der Waals surface area contributed by atoms with Crippen LogP contribution in [0.25, 0.3) is 0 Å². The molecular formula is C11H16INO. The highest BCUT2D eigenvalue weighted by Gasteiger charge is 2.00. The average molecular weight is 305 g/mol. The van der Waals surface area contributed by atoms with Crippen molar-refractivity contribution in [2.45, 2.75) is 19.4 Å². The SMILES string of the molecule is COCCC(C)Nc1ccc(I)cc1. The molecule has 1 N–H and O–H groups in total. The van der Waals surface area contributed by atoms with Gasteiger partial charge in [-0.2, -0.15) is 0 Å². The molecule has 1 aromatic rings. The third-order valence-electron chi connectivity index (χ3n) is 2.01. The van der Waals surface area contributed by atoms with E-state index in [0.717, 1.165) is 13.0 Å². The van der Waals surface area contributed by atoms with Gasteiger partial charge >= 0.3 is 0 Å². The lowest BCUT2D eigenvalue weighted by molar-refractivity contribution is 0.191. The van der Waals surface area contributed by atoms with Crippen LogP contribution < -0.4 is 5.32 Å². The first kappa shape index (κ1) is 11.8. The van der Waals surface area contributed by atoms with E-state index in [4.69, 9.17) is 4.74 Å². The van der Waals surface area contributed by atoms with E-state index >= 15 is 0 Å². The predicted octanol–water partition coefficient (Wildman–Crippen LogP) is 3.13. The van der Waals surface area contributed by atoms with Crippen molar-refractivity contribution in [3.8, 4) is 0 Å². The first-order chi connectivity index (χ1) is 6.72. The van der Waals surface area contributed by atoms with Crippen LogP contribution in [-0.2, 0) is 4.74 Å². The Labute approximate surface area is 99.2 Å². The minimum atomic E-state index is 0.454. The van der Waals surface area contributed by atoms with Crippen molar-refractivity contribution < 1.29 is 4.74 Å². The first-order valence-corrected chi connectivity index (χ1v) is 5.81. The van der Waals surface area contributed by atoms with Crippen LogP contribution in [0.2, 0.25) is 0 Å². The molecule has 14 heavy (non-hydrogen) atoms. The quantitative estimate of drug-likeness (QED) is 0.844. The van der Waals surface area contributed by atoms with Gasteiger partial charge in [0, 0.05) is 29.0 Å². The second-order valence-corrected chi connectivity index (χ2v) is 4.58. The Morgan fingerprint density at radius 1 is 1.36 bits per heavy atom. The summed E-state index contributed by atoms with van der Waals surface area (Å²) in [7, 11) is 1.73. The van der Waals surface area contributed by atoms with Crippen molar-refractivity contribution in [1.29, 1.82) is 0 Å². The lowest BCUT2D eigenvalue weighted by atomic mass is 10.2. The lowest BCUT2D eigenvalue weighted by Crippen LogP contribution is -2.16. The summed E-state index contributed by atoms with van der Waals surface area (Å²) >= 11 is 2.31. The minimum Gasteiger partial charge on any atom is -0.385 e. The molecule has 1 rings (SSSR count). The Bertz CT molecular complexity index is 260. The smallest absolute Gasteiger partial charge is 0.0481 e. The zero-order valence-electron chi connectivity index (χ0n) is 8.59. The van der Waals surface area contributed by atoms with Crippen molar-refractivity contribution in [1.82, 2.24) is 0 Å². The number of hydrogen-bond donors (Lipinski definition) is 1. The monoisotopic (exact) mass is 305 g/mol. The van der Waals surface area contributed by atoms with E-state index in [-0.39, 0.29) is 0 Å². The number of ether oxygens (including phenoxy) is 1. The molecule has 0 spiro atoms. The second-order valence-electron chi connectivity index (χ2n) is 3.33.